The van der Waals surface area contributed by atoms with Crippen molar-refractivity contribution < 1.29 is 4.90 Å². The van der Waals surface area contributed by atoms with Crippen molar-refractivity contribution in [3.8, 4) is 0 Å². The smallest absolute Gasteiger partial charge is 0.0809 e. The maximum atomic E-state index is 2.32. The molecule has 0 aliphatic rings. The molecular formula is C16H28N+. The van der Waals surface area contributed by atoms with E-state index in [9.17, 15) is 0 Å². The maximum Gasteiger partial charge on any atom is 0.0809 e. The van der Waals surface area contributed by atoms with Crippen LogP contribution < -0.4 is 4.90 Å². The Hall–Kier alpha value is -0.820. The second-order valence-corrected chi connectivity index (χ2v) is 5.89. The summed E-state index contributed by atoms with van der Waals surface area (Å²) in [5, 5.41) is 0. The van der Waals surface area contributed by atoms with E-state index >= 15 is 0 Å². The van der Waals surface area contributed by atoms with Crippen molar-refractivity contribution in [1.29, 1.82) is 0 Å². The lowest BCUT2D eigenvalue weighted by Gasteiger charge is -2.15. The topological polar surface area (TPSA) is 4.44 Å². The number of aryl methyl sites for hydroxylation is 2. The highest BCUT2D eigenvalue weighted by Crippen LogP contribution is 2.08. The zero-order valence-corrected chi connectivity index (χ0v) is 12.1. The molecule has 0 saturated carbocycles. The van der Waals surface area contributed by atoms with Gasteiger partial charge in [0.25, 0.3) is 0 Å². The van der Waals surface area contributed by atoms with Crippen LogP contribution in [-0.2, 0) is 6.42 Å². The van der Waals surface area contributed by atoms with Gasteiger partial charge in [-0.2, -0.15) is 0 Å². The average molecular weight is 234 g/mol. The second kappa shape index (κ2) is 6.80. The molecule has 0 bridgehead atoms. The van der Waals surface area contributed by atoms with Crippen molar-refractivity contribution in [1.82, 2.24) is 0 Å². The van der Waals surface area contributed by atoms with E-state index in [1.165, 1.54) is 42.6 Å². The van der Waals surface area contributed by atoms with Gasteiger partial charge in [-0.3, -0.25) is 0 Å². The van der Waals surface area contributed by atoms with Gasteiger partial charge >= 0.3 is 0 Å². The third-order valence-corrected chi connectivity index (χ3v) is 3.27. The van der Waals surface area contributed by atoms with Crippen LogP contribution in [-0.4, -0.2) is 20.1 Å². The molecule has 1 heteroatoms. The molecule has 0 aliphatic carbocycles. The predicted molar refractivity (Wildman–Crippen MR) is 75.7 cm³/mol. The van der Waals surface area contributed by atoms with Crippen LogP contribution in [0.15, 0.2) is 18.2 Å². The summed E-state index contributed by atoms with van der Waals surface area (Å²) in [6.07, 6.45) is 2.53. The van der Waals surface area contributed by atoms with Gasteiger partial charge in [0, 0.05) is 6.42 Å². The van der Waals surface area contributed by atoms with Crippen molar-refractivity contribution in [2.75, 3.05) is 20.1 Å². The van der Waals surface area contributed by atoms with Gasteiger partial charge in [0.05, 0.1) is 20.1 Å². The molecular weight excluding hydrogens is 206 g/mol. The number of nitrogens with one attached hydrogen (secondary N) is 1. The molecule has 0 saturated heterocycles. The summed E-state index contributed by atoms with van der Waals surface area (Å²) in [5.74, 6) is 0.825. The fourth-order valence-corrected chi connectivity index (χ4v) is 2.23. The minimum absolute atomic E-state index is 0.825. The third-order valence-electron chi connectivity index (χ3n) is 3.27. The molecule has 1 nitrogen and oxygen atoms in total. The molecule has 1 N–H and O–H groups in total. The first-order valence-corrected chi connectivity index (χ1v) is 6.86. The summed E-state index contributed by atoms with van der Waals surface area (Å²) in [5.41, 5.74) is 4.27. The Morgan fingerprint density at radius 3 is 2.12 bits per heavy atom. The average Bonchev–Trinajstić information content (AvgIpc) is 2.22. The molecule has 17 heavy (non-hydrogen) atoms. The molecule has 96 valence electrons. The fourth-order valence-electron chi connectivity index (χ4n) is 2.23. The van der Waals surface area contributed by atoms with Crippen LogP contribution in [0.4, 0.5) is 0 Å². The molecule has 0 aliphatic heterocycles. The van der Waals surface area contributed by atoms with Crippen LogP contribution in [0, 0.1) is 19.8 Å². The lowest BCUT2D eigenvalue weighted by molar-refractivity contribution is -0.879. The van der Waals surface area contributed by atoms with Gasteiger partial charge in [-0.1, -0.05) is 43.2 Å². The molecule has 0 fully saturated rings. The first kappa shape index (κ1) is 14.2. The van der Waals surface area contributed by atoms with E-state index < -0.39 is 0 Å². The maximum absolute atomic E-state index is 2.32. The largest absolute Gasteiger partial charge is 0.337 e. The molecule has 0 radical (unpaired) electrons. The van der Waals surface area contributed by atoms with E-state index in [1.807, 2.05) is 0 Å². The third kappa shape index (κ3) is 5.88. The second-order valence-electron chi connectivity index (χ2n) is 5.89. The fraction of sp³-hybridized carbons (Fsp3) is 0.625. The molecule has 1 aromatic rings. The van der Waals surface area contributed by atoms with Gasteiger partial charge in [-0.25, -0.2) is 0 Å². The van der Waals surface area contributed by atoms with Crippen molar-refractivity contribution in [3.05, 3.63) is 34.9 Å². The van der Waals surface area contributed by atoms with Crippen LogP contribution in [0.1, 0.15) is 37.0 Å². The van der Waals surface area contributed by atoms with Crippen molar-refractivity contribution in [3.63, 3.8) is 0 Å². The molecule has 1 aromatic carbocycles. The van der Waals surface area contributed by atoms with Crippen molar-refractivity contribution in [2.24, 2.45) is 5.92 Å². The van der Waals surface area contributed by atoms with Gasteiger partial charge in [0.1, 0.15) is 0 Å². The molecule has 0 spiro atoms. The number of rotatable bonds is 6. The van der Waals surface area contributed by atoms with Crippen LogP contribution in [0.25, 0.3) is 0 Å². The predicted octanol–water partition coefficient (Wildman–Crippen LogP) is 2.41. The number of likely N-dealkylation sites (N-methyl/N-ethyl adjacent to an activating group) is 1. The molecule has 0 amide bonds. The molecule has 1 atom stereocenters. The van der Waals surface area contributed by atoms with E-state index in [-0.39, 0.29) is 0 Å². The zero-order valence-electron chi connectivity index (χ0n) is 12.1. The SMILES string of the molecule is Cc1cc(C)cc(CC[NH+](C)CCC(C)C)c1. The number of hydrogen-bond donors (Lipinski definition) is 1. The highest BCUT2D eigenvalue weighted by atomic mass is 15.1. The number of hydrogen-bond acceptors (Lipinski definition) is 0. The summed E-state index contributed by atoms with van der Waals surface area (Å²) in [6, 6.07) is 6.89. The van der Waals surface area contributed by atoms with Gasteiger partial charge in [-0.05, 0) is 31.7 Å². The van der Waals surface area contributed by atoms with Crippen LogP contribution >= 0.6 is 0 Å². The quantitative estimate of drug-likeness (QED) is 0.771. The Balaban J connectivity index is 2.39. The number of benzene rings is 1. The van der Waals surface area contributed by atoms with E-state index in [0.717, 1.165) is 5.92 Å². The minimum atomic E-state index is 0.825. The number of quaternary nitrogens is 1. The van der Waals surface area contributed by atoms with E-state index in [4.69, 9.17) is 0 Å². The monoisotopic (exact) mass is 234 g/mol. The van der Waals surface area contributed by atoms with Crippen LogP contribution in [0.5, 0.6) is 0 Å². The molecule has 0 aromatic heterocycles. The Morgan fingerprint density at radius 1 is 1.00 bits per heavy atom. The van der Waals surface area contributed by atoms with E-state index in [0.29, 0.717) is 0 Å². The minimum Gasteiger partial charge on any atom is -0.337 e. The van der Waals surface area contributed by atoms with Crippen molar-refractivity contribution in [2.45, 2.75) is 40.5 Å². The summed E-state index contributed by atoms with van der Waals surface area (Å²) >= 11 is 0. The zero-order chi connectivity index (χ0) is 12.8. The van der Waals surface area contributed by atoms with Gasteiger partial charge < -0.3 is 4.90 Å². The molecule has 1 rings (SSSR count). The van der Waals surface area contributed by atoms with Gasteiger partial charge in [0.2, 0.25) is 0 Å². The summed E-state index contributed by atoms with van der Waals surface area (Å²) < 4.78 is 0. The molecule has 0 heterocycles. The van der Waals surface area contributed by atoms with Gasteiger partial charge in [0.15, 0.2) is 0 Å². The first-order chi connectivity index (χ1) is 7.97. The standard InChI is InChI=1S/C16H27N/c1-13(2)6-8-17(5)9-7-16-11-14(3)10-15(4)12-16/h10-13H,6-9H2,1-5H3/p+1. The first-order valence-electron chi connectivity index (χ1n) is 6.86. The Morgan fingerprint density at radius 2 is 1.59 bits per heavy atom. The Bertz CT molecular complexity index is 321. The Kier molecular flexibility index (Phi) is 5.70. The van der Waals surface area contributed by atoms with E-state index in [2.05, 4.69) is 52.9 Å². The van der Waals surface area contributed by atoms with Crippen molar-refractivity contribution >= 4 is 0 Å². The Labute approximate surface area is 107 Å². The summed E-state index contributed by atoms with van der Waals surface area (Å²) in [6.45, 7) is 11.5. The van der Waals surface area contributed by atoms with Crippen LogP contribution in [0.2, 0.25) is 0 Å². The summed E-state index contributed by atoms with van der Waals surface area (Å²) in [7, 11) is 2.31. The normalized spacial score (nSPS) is 13.1. The highest BCUT2D eigenvalue weighted by Gasteiger charge is 2.05. The lowest BCUT2D eigenvalue weighted by atomic mass is 10.0. The molecule has 1 unspecified atom stereocenters. The van der Waals surface area contributed by atoms with Crippen LogP contribution in [0.3, 0.4) is 0 Å². The van der Waals surface area contributed by atoms with E-state index in [1.54, 1.807) is 4.90 Å². The summed E-state index contributed by atoms with van der Waals surface area (Å²) in [4.78, 5) is 1.65. The van der Waals surface area contributed by atoms with Gasteiger partial charge in [-0.15, -0.1) is 0 Å². The highest BCUT2D eigenvalue weighted by molar-refractivity contribution is 5.28. The lowest BCUT2D eigenvalue weighted by Crippen LogP contribution is -3.09.